The summed E-state index contributed by atoms with van der Waals surface area (Å²) in [6.07, 6.45) is 1.29. The van der Waals surface area contributed by atoms with Crippen LogP contribution in [0.2, 0.25) is 6.32 Å². The normalized spacial score (nSPS) is 25.6. The van der Waals surface area contributed by atoms with Crippen molar-refractivity contribution in [1.82, 2.24) is 10.6 Å². The summed E-state index contributed by atoms with van der Waals surface area (Å²) in [6, 6.07) is -0.857. The zero-order valence-electron chi connectivity index (χ0n) is 17.6. The number of hydrogen-bond donors (Lipinski definition) is 6. The first kappa shape index (κ1) is 25.2. The topological polar surface area (TPSA) is 171 Å². The summed E-state index contributed by atoms with van der Waals surface area (Å²) in [7, 11) is -1.43. The van der Waals surface area contributed by atoms with Gasteiger partial charge in [-0.15, -0.1) is 0 Å². The second-order valence-corrected chi connectivity index (χ2v) is 8.86. The quantitative estimate of drug-likeness (QED) is 0.303. The molecule has 0 aliphatic heterocycles. The maximum absolute atomic E-state index is 12.3. The van der Waals surface area contributed by atoms with E-state index in [-0.39, 0.29) is 25.2 Å². The average molecular weight is 415 g/mol. The summed E-state index contributed by atoms with van der Waals surface area (Å²) in [4.78, 5) is 35.9. The van der Waals surface area contributed by atoms with Crippen LogP contribution in [0.15, 0.2) is 0 Å². The monoisotopic (exact) mass is 415 g/mol. The van der Waals surface area contributed by atoms with Gasteiger partial charge in [-0.25, -0.2) is 4.79 Å². The van der Waals surface area contributed by atoms with E-state index in [1.807, 2.05) is 0 Å². The first-order chi connectivity index (χ1) is 13.2. The molecule has 11 heteroatoms. The number of carboxylic acids is 1. The van der Waals surface area contributed by atoms with Crippen LogP contribution < -0.4 is 16.4 Å². The van der Waals surface area contributed by atoms with E-state index in [1.165, 1.54) is 6.92 Å². The molecule has 2 amide bonds. The molecule has 166 valence electrons. The van der Waals surface area contributed by atoms with Crippen LogP contribution in [0.5, 0.6) is 0 Å². The van der Waals surface area contributed by atoms with Gasteiger partial charge >= 0.3 is 19.2 Å². The maximum Gasteiger partial charge on any atom is 0.451 e. The molecule has 0 aromatic heterocycles. The van der Waals surface area contributed by atoms with Gasteiger partial charge in [0.05, 0.1) is 0 Å². The SMILES string of the molecule is C[C@@H](NC(=O)OC(C)(C)C)C(=O)NC[C@@H]1CC[C@@H](CCB(O)O)C[C@]1(N)C(=O)O. The Morgan fingerprint density at radius 3 is 2.41 bits per heavy atom. The fourth-order valence-electron chi connectivity index (χ4n) is 3.54. The predicted molar refractivity (Wildman–Crippen MR) is 107 cm³/mol. The van der Waals surface area contributed by atoms with Crippen LogP contribution in [0.25, 0.3) is 0 Å². The summed E-state index contributed by atoms with van der Waals surface area (Å²) in [5, 5.41) is 32.8. The molecule has 1 rings (SSSR count). The van der Waals surface area contributed by atoms with Gasteiger partial charge in [0.1, 0.15) is 17.2 Å². The van der Waals surface area contributed by atoms with Crippen LogP contribution in [-0.2, 0) is 14.3 Å². The molecular formula is C18H34BN3O7. The van der Waals surface area contributed by atoms with Crippen molar-refractivity contribution in [3.8, 4) is 0 Å². The van der Waals surface area contributed by atoms with Gasteiger partial charge in [-0.1, -0.05) is 6.42 Å². The Morgan fingerprint density at radius 1 is 1.28 bits per heavy atom. The van der Waals surface area contributed by atoms with Crippen LogP contribution in [0.3, 0.4) is 0 Å². The van der Waals surface area contributed by atoms with Crippen molar-refractivity contribution in [3.05, 3.63) is 0 Å². The van der Waals surface area contributed by atoms with E-state index < -0.39 is 48.2 Å². The van der Waals surface area contributed by atoms with Gasteiger partial charge in [0.15, 0.2) is 0 Å². The molecule has 10 nitrogen and oxygen atoms in total. The molecular weight excluding hydrogens is 381 g/mol. The highest BCUT2D eigenvalue weighted by Crippen LogP contribution is 2.38. The third-order valence-corrected chi connectivity index (χ3v) is 5.16. The molecule has 7 N–H and O–H groups in total. The Kier molecular flexibility index (Phi) is 8.92. The standard InChI is InChI=1S/C18H34BN3O7/c1-11(22-16(26)29-17(2,3)4)14(23)21-10-13-6-5-12(7-8-19(27)28)9-18(13,20)15(24)25/h11-13,27-28H,5-10,20H2,1-4H3,(H,21,23)(H,22,26)(H,24,25)/t11-,12+,13+,18-/m1/s1. The summed E-state index contributed by atoms with van der Waals surface area (Å²) in [6.45, 7) is 6.70. The molecule has 29 heavy (non-hydrogen) atoms. The summed E-state index contributed by atoms with van der Waals surface area (Å²) in [5.74, 6) is -2.12. The number of carbonyl (C=O) groups is 3. The largest absolute Gasteiger partial charge is 0.480 e. The van der Waals surface area contributed by atoms with Crippen LogP contribution >= 0.6 is 0 Å². The second-order valence-electron chi connectivity index (χ2n) is 8.86. The van der Waals surface area contributed by atoms with Gasteiger partial charge in [0.2, 0.25) is 5.91 Å². The molecule has 0 aromatic carbocycles. The van der Waals surface area contributed by atoms with E-state index in [0.29, 0.717) is 19.3 Å². The van der Waals surface area contributed by atoms with Crippen molar-refractivity contribution < 1.29 is 34.3 Å². The highest BCUT2D eigenvalue weighted by molar-refractivity contribution is 6.40. The molecule has 1 aliphatic carbocycles. The van der Waals surface area contributed by atoms with Gasteiger partial charge < -0.3 is 36.3 Å². The number of alkyl carbamates (subject to hydrolysis) is 1. The number of carboxylic acid groups (broad SMARTS) is 1. The Morgan fingerprint density at radius 2 is 1.90 bits per heavy atom. The number of nitrogens with one attached hydrogen (secondary N) is 2. The molecule has 0 aromatic rings. The van der Waals surface area contributed by atoms with Gasteiger partial charge in [-0.3, -0.25) is 9.59 Å². The van der Waals surface area contributed by atoms with Crippen molar-refractivity contribution >= 4 is 25.1 Å². The Hall–Kier alpha value is -1.85. The average Bonchev–Trinajstić information content (AvgIpc) is 2.56. The Bertz CT molecular complexity index is 596. The second kappa shape index (κ2) is 10.3. The first-order valence-corrected chi connectivity index (χ1v) is 9.90. The highest BCUT2D eigenvalue weighted by atomic mass is 16.6. The summed E-state index contributed by atoms with van der Waals surface area (Å²) in [5.41, 5.74) is 3.99. The minimum absolute atomic E-state index is 0.0300. The molecule has 0 unspecified atom stereocenters. The van der Waals surface area contributed by atoms with Crippen LogP contribution in [0.1, 0.15) is 53.4 Å². The lowest BCUT2D eigenvalue weighted by Crippen LogP contribution is -2.60. The Labute approximate surface area is 171 Å². The van der Waals surface area contributed by atoms with Crippen LogP contribution in [0.4, 0.5) is 4.79 Å². The molecule has 0 saturated heterocycles. The maximum atomic E-state index is 12.3. The van der Waals surface area contributed by atoms with Gasteiger partial charge in [-0.2, -0.15) is 0 Å². The van der Waals surface area contributed by atoms with Crippen molar-refractivity contribution in [3.63, 3.8) is 0 Å². The van der Waals surface area contributed by atoms with E-state index >= 15 is 0 Å². The van der Waals surface area contributed by atoms with Crippen LogP contribution in [0, 0.1) is 11.8 Å². The Balaban J connectivity index is 2.61. The molecule has 0 radical (unpaired) electrons. The molecule has 4 atom stereocenters. The number of nitrogens with two attached hydrogens (primary N) is 1. The summed E-state index contributed by atoms with van der Waals surface area (Å²) < 4.78 is 5.11. The van der Waals surface area contributed by atoms with Gasteiger partial charge in [-0.05, 0) is 59.2 Å². The zero-order chi connectivity index (χ0) is 22.4. The first-order valence-electron chi connectivity index (χ1n) is 9.90. The molecule has 0 bridgehead atoms. The fraction of sp³-hybridized carbons (Fsp3) is 0.833. The summed E-state index contributed by atoms with van der Waals surface area (Å²) >= 11 is 0. The third-order valence-electron chi connectivity index (χ3n) is 5.16. The molecule has 0 spiro atoms. The fourth-order valence-corrected chi connectivity index (χ4v) is 3.54. The smallest absolute Gasteiger partial charge is 0.451 e. The number of ether oxygens (including phenoxy) is 1. The third kappa shape index (κ3) is 8.19. The highest BCUT2D eigenvalue weighted by Gasteiger charge is 2.47. The zero-order valence-corrected chi connectivity index (χ0v) is 17.6. The number of hydrogen-bond acceptors (Lipinski definition) is 7. The minimum Gasteiger partial charge on any atom is -0.480 e. The van der Waals surface area contributed by atoms with E-state index in [1.54, 1.807) is 20.8 Å². The lowest BCUT2D eigenvalue weighted by molar-refractivity contribution is -0.148. The minimum atomic E-state index is -1.52. The number of rotatable bonds is 8. The molecule has 1 aliphatic rings. The molecule has 1 saturated carbocycles. The molecule has 1 fully saturated rings. The van der Waals surface area contributed by atoms with E-state index in [9.17, 15) is 19.5 Å². The van der Waals surface area contributed by atoms with E-state index in [4.69, 9.17) is 20.5 Å². The number of aliphatic carboxylic acids is 1. The van der Waals surface area contributed by atoms with Gasteiger partial charge in [0, 0.05) is 12.5 Å². The van der Waals surface area contributed by atoms with Crippen LogP contribution in [-0.4, -0.2) is 64.0 Å². The van der Waals surface area contributed by atoms with Crippen molar-refractivity contribution in [2.24, 2.45) is 17.6 Å². The van der Waals surface area contributed by atoms with Crippen molar-refractivity contribution in [2.75, 3.05) is 6.54 Å². The number of amides is 2. The van der Waals surface area contributed by atoms with Crippen molar-refractivity contribution in [2.45, 2.75) is 76.9 Å². The predicted octanol–water partition coefficient (Wildman–Crippen LogP) is 0.0771. The lowest BCUT2D eigenvalue weighted by Gasteiger charge is -2.41. The lowest BCUT2D eigenvalue weighted by atomic mass is 9.66. The van der Waals surface area contributed by atoms with E-state index in [2.05, 4.69) is 10.6 Å². The van der Waals surface area contributed by atoms with E-state index in [0.717, 1.165) is 0 Å². The number of carbonyl (C=O) groups excluding carboxylic acids is 2. The van der Waals surface area contributed by atoms with Crippen molar-refractivity contribution in [1.29, 1.82) is 0 Å². The molecule has 0 heterocycles. The van der Waals surface area contributed by atoms with Gasteiger partial charge in [0.25, 0.3) is 0 Å².